The zero-order valence-electron chi connectivity index (χ0n) is 11.5. The van der Waals surface area contributed by atoms with Crippen LogP contribution in [-0.4, -0.2) is 21.1 Å². The highest BCUT2D eigenvalue weighted by molar-refractivity contribution is 9.10. The second kappa shape index (κ2) is 6.63. The largest absolute Gasteiger partial charge is 0.508 e. The molecule has 0 aliphatic heterocycles. The summed E-state index contributed by atoms with van der Waals surface area (Å²) in [5, 5.41) is 32.3. The van der Waals surface area contributed by atoms with Gasteiger partial charge in [-0.2, -0.15) is 0 Å². The van der Waals surface area contributed by atoms with E-state index in [0.29, 0.717) is 29.7 Å². The van der Waals surface area contributed by atoms with Crippen molar-refractivity contribution in [3.05, 3.63) is 57.6 Å². The fourth-order valence-electron chi connectivity index (χ4n) is 2.12. The van der Waals surface area contributed by atoms with Crippen molar-refractivity contribution < 1.29 is 15.4 Å². The summed E-state index contributed by atoms with van der Waals surface area (Å²) in [6.45, 7) is 1.90. The second-order valence-electron chi connectivity index (χ2n) is 4.70. The van der Waals surface area contributed by atoms with Crippen LogP contribution >= 0.6 is 15.9 Å². The molecule has 4 nitrogen and oxygen atoms in total. The molecule has 2 rings (SSSR count). The fourth-order valence-corrected chi connectivity index (χ4v) is 2.38. The van der Waals surface area contributed by atoms with Gasteiger partial charge in [-0.25, -0.2) is 0 Å². The van der Waals surface area contributed by atoms with Crippen molar-refractivity contribution in [1.29, 1.82) is 0 Å². The van der Waals surface area contributed by atoms with Crippen LogP contribution in [-0.2, 0) is 12.8 Å². The van der Waals surface area contributed by atoms with Crippen LogP contribution in [0.25, 0.3) is 0 Å². The van der Waals surface area contributed by atoms with Crippen molar-refractivity contribution in [2.45, 2.75) is 19.8 Å². The van der Waals surface area contributed by atoms with Crippen molar-refractivity contribution in [2.24, 2.45) is 5.16 Å². The van der Waals surface area contributed by atoms with Crippen molar-refractivity contribution in [1.82, 2.24) is 0 Å². The maximum Gasteiger partial charge on any atom is 0.128 e. The lowest BCUT2D eigenvalue weighted by Gasteiger charge is -2.11. The van der Waals surface area contributed by atoms with Crippen LogP contribution in [0.15, 0.2) is 46.0 Å². The van der Waals surface area contributed by atoms with E-state index in [4.69, 9.17) is 0 Å². The second-order valence-corrected chi connectivity index (χ2v) is 5.62. The summed E-state index contributed by atoms with van der Waals surface area (Å²) in [4.78, 5) is 0. The van der Waals surface area contributed by atoms with Gasteiger partial charge in [-0.1, -0.05) is 40.1 Å². The first kappa shape index (κ1) is 15.4. The van der Waals surface area contributed by atoms with Gasteiger partial charge in [0.05, 0.1) is 5.71 Å². The van der Waals surface area contributed by atoms with Crippen LogP contribution in [0, 0.1) is 0 Å². The smallest absolute Gasteiger partial charge is 0.128 e. The lowest BCUT2D eigenvalue weighted by molar-refractivity contribution is 0.318. The molecule has 5 heteroatoms. The third-order valence-corrected chi connectivity index (χ3v) is 3.82. The van der Waals surface area contributed by atoms with Gasteiger partial charge >= 0.3 is 0 Å². The van der Waals surface area contributed by atoms with E-state index >= 15 is 0 Å². The Balaban J connectivity index is 2.36. The predicted molar refractivity (Wildman–Crippen MR) is 85.3 cm³/mol. The molecule has 21 heavy (non-hydrogen) atoms. The quantitative estimate of drug-likeness (QED) is 0.446. The van der Waals surface area contributed by atoms with E-state index in [1.165, 1.54) is 6.07 Å². The van der Waals surface area contributed by atoms with Gasteiger partial charge in [0, 0.05) is 22.5 Å². The molecule has 0 atom stereocenters. The first-order chi connectivity index (χ1) is 10.0. The Bertz CT molecular complexity index is 666. The molecule has 2 aromatic carbocycles. The van der Waals surface area contributed by atoms with Crippen LogP contribution in [0.2, 0.25) is 0 Å². The first-order valence-electron chi connectivity index (χ1n) is 6.55. The lowest BCUT2D eigenvalue weighted by atomic mass is 9.98. The van der Waals surface area contributed by atoms with E-state index in [9.17, 15) is 15.4 Å². The minimum atomic E-state index is -0.102. The summed E-state index contributed by atoms with van der Waals surface area (Å²) in [6.07, 6.45) is 1.00. The third-order valence-electron chi connectivity index (χ3n) is 3.29. The SMILES string of the molecule is CCc1cc(/C(Cc2ccc(Br)cc2)=N\O)c(O)cc1O. The number of oxime groups is 1. The molecular weight excluding hydrogens is 334 g/mol. The summed E-state index contributed by atoms with van der Waals surface area (Å²) in [5.41, 5.74) is 2.43. The number of aromatic hydroxyl groups is 2. The molecule has 0 fully saturated rings. The highest BCUT2D eigenvalue weighted by Crippen LogP contribution is 2.29. The van der Waals surface area contributed by atoms with Gasteiger partial charge in [0.25, 0.3) is 0 Å². The van der Waals surface area contributed by atoms with Crippen molar-refractivity contribution in [3.8, 4) is 11.5 Å². The van der Waals surface area contributed by atoms with Gasteiger partial charge in [-0.15, -0.1) is 0 Å². The molecule has 0 spiro atoms. The summed E-state index contributed by atoms with van der Waals surface area (Å²) < 4.78 is 0.967. The van der Waals surface area contributed by atoms with E-state index < -0.39 is 0 Å². The number of rotatable bonds is 4. The molecule has 0 unspecified atom stereocenters. The highest BCUT2D eigenvalue weighted by Gasteiger charge is 2.14. The molecule has 0 aliphatic carbocycles. The van der Waals surface area contributed by atoms with Gasteiger partial charge in [-0.3, -0.25) is 0 Å². The average molecular weight is 350 g/mol. The number of phenols is 2. The molecule has 0 heterocycles. The topological polar surface area (TPSA) is 73.1 Å². The molecule has 0 aliphatic rings. The molecule has 2 aromatic rings. The summed E-state index contributed by atoms with van der Waals surface area (Å²) >= 11 is 3.36. The normalized spacial score (nSPS) is 11.6. The van der Waals surface area contributed by atoms with Gasteiger partial charge in [0.15, 0.2) is 0 Å². The standard InChI is InChI=1S/C16H16BrNO3/c1-2-11-8-13(16(20)9-15(11)19)14(18-21)7-10-3-5-12(17)6-4-10/h3-6,8-9,19-21H,2,7H2,1H3/b18-14-. The number of halogens is 1. The van der Waals surface area contributed by atoms with Crippen molar-refractivity contribution >= 4 is 21.6 Å². The van der Waals surface area contributed by atoms with Crippen molar-refractivity contribution in [2.75, 3.05) is 0 Å². The Morgan fingerprint density at radius 2 is 1.76 bits per heavy atom. The number of benzene rings is 2. The van der Waals surface area contributed by atoms with Crippen LogP contribution in [0.3, 0.4) is 0 Å². The van der Waals surface area contributed by atoms with E-state index in [-0.39, 0.29) is 11.5 Å². The van der Waals surface area contributed by atoms with E-state index in [1.54, 1.807) is 6.07 Å². The highest BCUT2D eigenvalue weighted by atomic mass is 79.9. The fraction of sp³-hybridized carbons (Fsp3) is 0.188. The molecule has 0 saturated heterocycles. The van der Waals surface area contributed by atoms with Gasteiger partial charge in [0.2, 0.25) is 0 Å². The van der Waals surface area contributed by atoms with Crippen LogP contribution < -0.4 is 0 Å². The maximum absolute atomic E-state index is 9.98. The van der Waals surface area contributed by atoms with E-state index in [0.717, 1.165) is 10.0 Å². The summed E-state index contributed by atoms with van der Waals surface area (Å²) in [6, 6.07) is 10.6. The Kier molecular flexibility index (Phi) is 4.85. The average Bonchev–Trinajstić information content (AvgIpc) is 2.47. The molecule has 110 valence electrons. The molecular formula is C16H16BrNO3. The Labute approximate surface area is 131 Å². The molecule has 0 bridgehead atoms. The van der Waals surface area contributed by atoms with Crippen LogP contribution in [0.5, 0.6) is 11.5 Å². The number of phenolic OH excluding ortho intramolecular Hbond substituents is 2. The minimum absolute atomic E-state index is 0.0414. The molecule has 3 N–H and O–H groups in total. The molecule has 0 radical (unpaired) electrons. The van der Waals surface area contributed by atoms with Gasteiger partial charge < -0.3 is 15.4 Å². The van der Waals surface area contributed by atoms with Crippen molar-refractivity contribution in [3.63, 3.8) is 0 Å². The number of hydrogen-bond donors (Lipinski definition) is 3. The van der Waals surface area contributed by atoms with E-state index in [1.807, 2.05) is 31.2 Å². The minimum Gasteiger partial charge on any atom is -0.508 e. The Morgan fingerprint density at radius 1 is 1.10 bits per heavy atom. The predicted octanol–water partition coefficient (Wildman–Crippen LogP) is 3.84. The Morgan fingerprint density at radius 3 is 2.33 bits per heavy atom. The summed E-state index contributed by atoms with van der Waals surface area (Å²) in [5.74, 6) is -0.0608. The lowest BCUT2D eigenvalue weighted by Crippen LogP contribution is -2.06. The van der Waals surface area contributed by atoms with Gasteiger partial charge in [0.1, 0.15) is 11.5 Å². The summed E-state index contributed by atoms with van der Waals surface area (Å²) in [7, 11) is 0. The third kappa shape index (κ3) is 3.55. The molecule has 0 saturated carbocycles. The zero-order chi connectivity index (χ0) is 15.4. The molecule has 0 aromatic heterocycles. The zero-order valence-corrected chi connectivity index (χ0v) is 13.1. The number of hydrogen-bond acceptors (Lipinski definition) is 4. The van der Waals surface area contributed by atoms with Crippen LogP contribution in [0.1, 0.15) is 23.6 Å². The Hall–Kier alpha value is -2.01. The number of nitrogens with zero attached hydrogens (tertiary/aromatic N) is 1. The first-order valence-corrected chi connectivity index (χ1v) is 7.35. The maximum atomic E-state index is 9.98. The number of aryl methyl sites for hydroxylation is 1. The van der Waals surface area contributed by atoms with E-state index in [2.05, 4.69) is 21.1 Å². The molecule has 0 amide bonds. The monoisotopic (exact) mass is 349 g/mol. The van der Waals surface area contributed by atoms with Gasteiger partial charge in [-0.05, 0) is 35.7 Å². The van der Waals surface area contributed by atoms with Crippen LogP contribution in [0.4, 0.5) is 0 Å².